The molecule has 0 saturated heterocycles. The van der Waals surface area contributed by atoms with E-state index in [0.717, 1.165) is 0 Å². The minimum absolute atomic E-state index is 0.0556. The first kappa shape index (κ1) is 13.0. The highest BCUT2D eigenvalue weighted by molar-refractivity contribution is 5.85. The van der Waals surface area contributed by atoms with Crippen LogP contribution in [0.4, 0.5) is 0 Å². The molecule has 0 bridgehead atoms. The van der Waals surface area contributed by atoms with Crippen LogP contribution in [0.5, 0.6) is 0 Å². The summed E-state index contributed by atoms with van der Waals surface area (Å²) in [7, 11) is 0. The number of nitrogens with zero attached hydrogens (tertiary/aromatic N) is 2. The van der Waals surface area contributed by atoms with Crippen molar-refractivity contribution in [1.82, 2.24) is 4.90 Å². The van der Waals surface area contributed by atoms with Crippen LogP contribution in [0.2, 0.25) is 0 Å². The Balaban J connectivity index is 4.83. The molecule has 0 N–H and O–H groups in total. The summed E-state index contributed by atoms with van der Waals surface area (Å²) in [5, 5.41) is 8.98. The molecule has 0 spiro atoms. The largest absolute Gasteiger partial charge is 0.339 e. The Morgan fingerprint density at radius 1 is 1.50 bits per heavy atom. The molecule has 3 heteroatoms. The number of carbonyl (C=O) groups excluding carboxylic acids is 1. The molecule has 1 atom stereocenters. The highest BCUT2D eigenvalue weighted by Gasteiger charge is 2.35. The van der Waals surface area contributed by atoms with Gasteiger partial charge in [-0.15, -0.1) is 0 Å². The Kier molecular flexibility index (Phi) is 4.62. The van der Waals surface area contributed by atoms with Gasteiger partial charge in [0.2, 0.25) is 5.91 Å². The van der Waals surface area contributed by atoms with Gasteiger partial charge in [-0.1, -0.05) is 6.92 Å². The average molecular weight is 196 g/mol. The third kappa shape index (κ3) is 2.47. The van der Waals surface area contributed by atoms with Gasteiger partial charge in [-0.25, -0.2) is 0 Å². The van der Waals surface area contributed by atoms with E-state index in [0.29, 0.717) is 13.0 Å². The molecule has 1 amide bonds. The molecule has 1 unspecified atom stereocenters. The van der Waals surface area contributed by atoms with Gasteiger partial charge in [0, 0.05) is 12.6 Å². The second-order valence-electron chi connectivity index (χ2n) is 3.98. The fourth-order valence-electron chi connectivity index (χ4n) is 1.34. The number of amides is 1. The van der Waals surface area contributed by atoms with Gasteiger partial charge < -0.3 is 4.90 Å². The summed E-state index contributed by atoms with van der Waals surface area (Å²) in [6.45, 7) is 10.1. The zero-order valence-electron chi connectivity index (χ0n) is 9.79. The van der Waals surface area contributed by atoms with E-state index in [1.54, 1.807) is 11.8 Å². The number of carbonyl (C=O) groups is 1. The van der Waals surface area contributed by atoms with Crippen molar-refractivity contribution in [3.63, 3.8) is 0 Å². The SMILES string of the molecule is CCN(C(=O)C(C)(C#N)CC)C(C)C. The maximum atomic E-state index is 12.0. The predicted molar refractivity (Wildman–Crippen MR) is 56.5 cm³/mol. The molecule has 0 fully saturated rings. The molecule has 0 radical (unpaired) electrons. The van der Waals surface area contributed by atoms with Crippen LogP contribution in [0, 0.1) is 16.7 Å². The maximum absolute atomic E-state index is 12.0. The van der Waals surface area contributed by atoms with E-state index in [-0.39, 0.29) is 11.9 Å². The molecule has 0 aromatic carbocycles. The molecule has 80 valence electrons. The predicted octanol–water partition coefficient (Wildman–Crippen LogP) is 2.18. The molecule has 3 nitrogen and oxygen atoms in total. The maximum Gasteiger partial charge on any atom is 0.242 e. The summed E-state index contributed by atoms with van der Waals surface area (Å²) >= 11 is 0. The lowest BCUT2D eigenvalue weighted by Crippen LogP contribution is -2.45. The number of rotatable bonds is 4. The van der Waals surface area contributed by atoms with Crippen molar-refractivity contribution in [3.05, 3.63) is 0 Å². The van der Waals surface area contributed by atoms with Crippen LogP contribution in [-0.2, 0) is 4.79 Å². The molecule has 0 aromatic heterocycles. The highest BCUT2D eigenvalue weighted by Crippen LogP contribution is 2.23. The molecule has 0 aliphatic heterocycles. The van der Waals surface area contributed by atoms with Gasteiger partial charge in [0.1, 0.15) is 5.41 Å². The van der Waals surface area contributed by atoms with Gasteiger partial charge in [-0.05, 0) is 34.1 Å². The number of nitriles is 1. The van der Waals surface area contributed by atoms with Crippen LogP contribution in [-0.4, -0.2) is 23.4 Å². The second-order valence-corrected chi connectivity index (χ2v) is 3.98. The fourth-order valence-corrected chi connectivity index (χ4v) is 1.34. The van der Waals surface area contributed by atoms with E-state index in [2.05, 4.69) is 6.07 Å². The van der Waals surface area contributed by atoms with Crippen molar-refractivity contribution in [2.45, 2.75) is 47.1 Å². The second kappa shape index (κ2) is 4.99. The summed E-state index contributed by atoms with van der Waals surface area (Å²) in [6, 6.07) is 2.27. The Morgan fingerprint density at radius 3 is 2.21 bits per heavy atom. The summed E-state index contributed by atoms with van der Waals surface area (Å²) in [5.74, 6) is -0.0556. The van der Waals surface area contributed by atoms with Crippen molar-refractivity contribution in [2.75, 3.05) is 6.54 Å². The molecule has 0 aliphatic rings. The van der Waals surface area contributed by atoms with Crippen molar-refractivity contribution in [1.29, 1.82) is 5.26 Å². The lowest BCUT2D eigenvalue weighted by atomic mass is 9.87. The first-order valence-corrected chi connectivity index (χ1v) is 5.15. The normalized spacial score (nSPS) is 14.6. The van der Waals surface area contributed by atoms with Crippen LogP contribution < -0.4 is 0 Å². The van der Waals surface area contributed by atoms with Crippen LogP contribution in [0.25, 0.3) is 0 Å². The van der Waals surface area contributed by atoms with Gasteiger partial charge in [0.25, 0.3) is 0 Å². The summed E-state index contributed by atoms with van der Waals surface area (Å²) in [4.78, 5) is 13.7. The average Bonchev–Trinajstić information content (AvgIpc) is 2.17. The van der Waals surface area contributed by atoms with E-state index >= 15 is 0 Å². The third-order valence-corrected chi connectivity index (χ3v) is 2.65. The summed E-state index contributed by atoms with van der Waals surface area (Å²) in [6.07, 6.45) is 0.561. The smallest absolute Gasteiger partial charge is 0.242 e. The van der Waals surface area contributed by atoms with Crippen LogP contribution in [0.15, 0.2) is 0 Å². The van der Waals surface area contributed by atoms with Crippen molar-refractivity contribution < 1.29 is 4.79 Å². The Morgan fingerprint density at radius 2 is 2.00 bits per heavy atom. The Bertz CT molecular complexity index is 242. The van der Waals surface area contributed by atoms with E-state index in [1.807, 2.05) is 27.7 Å². The highest BCUT2D eigenvalue weighted by atomic mass is 16.2. The van der Waals surface area contributed by atoms with Crippen LogP contribution >= 0.6 is 0 Å². The van der Waals surface area contributed by atoms with E-state index < -0.39 is 5.41 Å². The van der Waals surface area contributed by atoms with Gasteiger partial charge in [-0.3, -0.25) is 4.79 Å². The lowest BCUT2D eigenvalue weighted by molar-refractivity contribution is -0.140. The minimum Gasteiger partial charge on any atom is -0.339 e. The zero-order chi connectivity index (χ0) is 11.4. The first-order chi connectivity index (χ1) is 6.42. The topological polar surface area (TPSA) is 44.1 Å². The Hall–Kier alpha value is -1.04. The fraction of sp³-hybridized carbons (Fsp3) is 0.818. The monoisotopic (exact) mass is 196 g/mol. The summed E-state index contributed by atoms with van der Waals surface area (Å²) < 4.78 is 0. The van der Waals surface area contributed by atoms with Crippen LogP contribution in [0.1, 0.15) is 41.0 Å². The van der Waals surface area contributed by atoms with Gasteiger partial charge in [0.05, 0.1) is 6.07 Å². The molecular formula is C11H20N2O. The van der Waals surface area contributed by atoms with Crippen molar-refractivity contribution in [2.24, 2.45) is 5.41 Å². The number of hydrogen-bond donors (Lipinski definition) is 0. The van der Waals surface area contributed by atoms with Crippen LogP contribution in [0.3, 0.4) is 0 Å². The van der Waals surface area contributed by atoms with E-state index in [4.69, 9.17) is 5.26 Å². The first-order valence-electron chi connectivity index (χ1n) is 5.15. The number of hydrogen-bond acceptors (Lipinski definition) is 2. The molecule has 0 saturated carbocycles. The molecule has 0 heterocycles. The summed E-state index contributed by atoms with van der Waals surface area (Å²) in [5.41, 5.74) is -0.861. The Labute approximate surface area is 86.7 Å². The minimum atomic E-state index is -0.861. The van der Waals surface area contributed by atoms with Gasteiger partial charge in [0.15, 0.2) is 0 Å². The zero-order valence-corrected chi connectivity index (χ0v) is 9.79. The molecular weight excluding hydrogens is 176 g/mol. The van der Waals surface area contributed by atoms with E-state index in [9.17, 15) is 4.79 Å². The lowest BCUT2D eigenvalue weighted by Gasteiger charge is -2.31. The molecule has 0 rings (SSSR count). The van der Waals surface area contributed by atoms with Gasteiger partial charge >= 0.3 is 0 Å². The molecule has 0 aromatic rings. The molecule has 0 aliphatic carbocycles. The molecule has 14 heavy (non-hydrogen) atoms. The van der Waals surface area contributed by atoms with Gasteiger partial charge in [-0.2, -0.15) is 5.26 Å². The van der Waals surface area contributed by atoms with E-state index in [1.165, 1.54) is 0 Å². The van der Waals surface area contributed by atoms with Crippen molar-refractivity contribution in [3.8, 4) is 6.07 Å². The standard InChI is InChI=1S/C11H20N2O/c1-6-11(5,8-12)10(14)13(7-2)9(3)4/h9H,6-7H2,1-5H3. The quantitative estimate of drug-likeness (QED) is 0.691. The van der Waals surface area contributed by atoms with Crippen molar-refractivity contribution >= 4 is 5.91 Å². The third-order valence-electron chi connectivity index (χ3n) is 2.65.